The van der Waals surface area contributed by atoms with Crippen LogP contribution in [0.15, 0.2) is 36.1 Å². The molecule has 0 radical (unpaired) electrons. The first-order valence-electron chi connectivity index (χ1n) is 6.55. The Kier molecular flexibility index (Phi) is 4.73. The molecule has 0 bridgehead atoms. The molecule has 1 aliphatic rings. The highest BCUT2D eigenvalue weighted by Gasteiger charge is 2.38. The average Bonchev–Trinajstić information content (AvgIpc) is 2.70. The molecule has 1 aromatic carbocycles. The summed E-state index contributed by atoms with van der Waals surface area (Å²) in [5, 5.41) is 1.70. The molecule has 7 heteroatoms. The van der Waals surface area contributed by atoms with Crippen molar-refractivity contribution in [2.45, 2.75) is 26.2 Å². The predicted molar refractivity (Wildman–Crippen MR) is 78.4 cm³/mol. The third-order valence-corrected chi connectivity index (χ3v) is 3.11. The third kappa shape index (κ3) is 3.99. The maximum Gasteiger partial charge on any atom is 0.377 e. The lowest BCUT2D eigenvalue weighted by atomic mass is 10.2. The molecule has 1 aromatic rings. The van der Waals surface area contributed by atoms with Crippen molar-refractivity contribution in [3.8, 4) is 0 Å². The van der Waals surface area contributed by atoms with E-state index >= 15 is 0 Å². The molecule has 2 rings (SSSR count). The second kappa shape index (κ2) is 6.37. The van der Waals surface area contributed by atoms with Crippen molar-refractivity contribution in [3.63, 3.8) is 0 Å². The molecule has 1 fully saturated rings. The number of amides is 1. The van der Waals surface area contributed by atoms with Gasteiger partial charge in [-0.3, -0.25) is 9.63 Å². The SMILES string of the molecule is CON(Cc1ccc(Cl)cc1)C(=O)C=C1OC(C)(C)OC1=O. The Balaban J connectivity index is 2.09. The summed E-state index contributed by atoms with van der Waals surface area (Å²) in [5.41, 5.74) is 0.827. The average molecular weight is 326 g/mol. The number of carbonyl (C=O) groups is 2. The molecule has 6 nitrogen and oxygen atoms in total. The molecule has 1 saturated heterocycles. The van der Waals surface area contributed by atoms with Gasteiger partial charge in [0, 0.05) is 18.9 Å². The second-order valence-electron chi connectivity index (χ2n) is 5.08. The molecule has 0 atom stereocenters. The van der Waals surface area contributed by atoms with Crippen LogP contribution in [-0.2, 0) is 30.4 Å². The largest absolute Gasteiger partial charge is 0.445 e. The first-order valence-corrected chi connectivity index (χ1v) is 6.92. The molecule has 0 unspecified atom stereocenters. The van der Waals surface area contributed by atoms with Gasteiger partial charge in [0.2, 0.25) is 11.5 Å². The van der Waals surface area contributed by atoms with Gasteiger partial charge < -0.3 is 9.47 Å². The lowest BCUT2D eigenvalue weighted by molar-refractivity contribution is -0.173. The van der Waals surface area contributed by atoms with Crippen molar-refractivity contribution in [1.29, 1.82) is 0 Å². The summed E-state index contributed by atoms with van der Waals surface area (Å²) in [6, 6.07) is 6.98. The smallest absolute Gasteiger partial charge is 0.377 e. The molecule has 0 spiro atoms. The molecule has 22 heavy (non-hydrogen) atoms. The molecule has 0 saturated carbocycles. The van der Waals surface area contributed by atoms with E-state index in [0.717, 1.165) is 16.7 Å². The van der Waals surface area contributed by atoms with Crippen LogP contribution in [0.1, 0.15) is 19.4 Å². The number of nitrogens with zero attached hydrogens (tertiary/aromatic N) is 1. The summed E-state index contributed by atoms with van der Waals surface area (Å²) in [6.07, 6.45) is 1.05. The zero-order valence-corrected chi connectivity index (χ0v) is 13.2. The van der Waals surface area contributed by atoms with Crippen LogP contribution in [0.4, 0.5) is 0 Å². The summed E-state index contributed by atoms with van der Waals surface area (Å²) in [7, 11) is 1.37. The fourth-order valence-corrected chi connectivity index (χ4v) is 1.99. The van der Waals surface area contributed by atoms with Crippen LogP contribution in [0.25, 0.3) is 0 Å². The van der Waals surface area contributed by atoms with Crippen molar-refractivity contribution >= 4 is 23.5 Å². The van der Waals surface area contributed by atoms with Gasteiger partial charge in [-0.15, -0.1) is 0 Å². The third-order valence-electron chi connectivity index (χ3n) is 2.86. The summed E-state index contributed by atoms with van der Waals surface area (Å²) in [4.78, 5) is 28.8. The van der Waals surface area contributed by atoms with Crippen LogP contribution in [-0.4, -0.2) is 29.8 Å². The first kappa shape index (κ1) is 16.3. The Morgan fingerprint density at radius 3 is 2.45 bits per heavy atom. The summed E-state index contributed by atoms with van der Waals surface area (Å²) >= 11 is 5.81. The van der Waals surface area contributed by atoms with Crippen molar-refractivity contribution in [2.24, 2.45) is 0 Å². The topological polar surface area (TPSA) is 65.1 Å². The minimum Gasteiger partial charge on any atom is -0.445 e. The van der Waals surface area contributed by atoms with Gasteiger partial charge in [0.25, 0.3) is 5.91 Å². The van der Waals surface area contributed by atoms with Crippen LogP contribution in [0, 0.1) is 0 Å². The quantitative estimate of drug-likeness (QED) is 0.483. The van der Waals surface area contributed by atoms with Crippen LogP contribution >= 0.6 is 11.6 Å². The van der Waals surface area contributed by atoms with Crippen molar-refractivity contribution in [1.82, 2.24) is 5.06 Å². The number of cyclic esters (lactones) is 1. The van der Waals surface area contributed by atoms with Gasteiger partial charge in [-0.1, -0.05) is 23.7 Å². The fourth-order valence-electron chi connectivity index (χ4n) is 1.86. The maximum absolute atomic E-state index is 12.2. The molecule has 1 heterocycles. The van der Waals surface area contributed by atoms with E-state index in [4.69, 9.17) is 25.9 Å². The predicted octanol–water partition coefficient (Wildman–Crippen LogP) is 2.42. The zero-order valence-electron chi connectivity index (χ0n) is 12.5. The lowest BCUT2D eigenvalue weighted by Gasteiger charge is -2.18. The minimum absolute atomic E-state index is 0.145. The zero-order chi connectivity index (χ0) is 16.3. The molecule has 0 aliphatic carbocycles. The van der Waals surface area contributed by atoms with Crippen LogP contribution in [0.3, 0.4) is 0 Å². The molecule has 0 N–H and O–H groups in total. The fraction of sp³-hybridized carbons (Fsp3) is 0.333. The Hall–Kier alpha value is -2.05. The number of esters is 1. The highest BCUT2D eigenvalue weighted by molar-refractivity contribution is 6.30. The lowest BCUT2D eigenvalue weighted by Crippen LogP contribution is -2.28. The van der Waals surface area contributed by atoms with Crippen LogP contribution in [0.5, 0.6) is 0 Å². The van der Waals surface area contributed by atoms with E-state index in [-0.39, 0.29) is 12.3 Å². The van der Waals surface area contributed by atoms with E-state index in [1.165, 1.54) is 7.11 Å². The maximum atomic E-state index is 12.2. The monoisotopic (exact) mass is 325 g/mol. The van der Waals surface area contributed by atoms with E-state index in [1.54, 1.807) is 38.1 Å². The van der Waals surface area contributed by atoms with E-state index in [1.807, 2.05) is 0 Å². The van der Waals surface area contributed by atoms with Crippen molar-refractivity contribution in [3.05, 3.63) is 46.7 Å². The summed E-state index contributed by atoms with van der Waals surface area (Å²) < 4.78 is 10.2. The first-order chi connectivity index (χ1) is 10.3. The van der Waals surface area contributed by atoms with Crippen molar-refractivity contribution in [2.75, 3.05) is 7.11 Å². The normalized spacial score (nSPS) is 18.0. The van der Waals surface area contributed by atoms with Crippen LogP contribution < -0.4 is 0 Å². The van der Waals surface area contributed by atoms with Gasteiger partial charge in [0.15, 0.2) is 0 Å². The van der Waals surface area contributed by atoms with Gasteiger partial charge >= 0.3 is 5.97 Å². The Bertz CT molecular complexity index is 609. The Morgan fingerprint density at radius 1 is 1.32 bits per heavy atom. The Labute approximate surface area is 133 Å². The number of hydroxylamine groups is 2. The summed E-state index contributed by atoms with van der Waals surface area (Å²) in [5.74, 6) is -2.42. The van der Waals surface area contributed by atoms with Gasteiger partial charge in [-0.25, -0.2) is 9.86 Å². The molecule has 0 aromatic heterocycles. The van der Waals surface area contributed by atoms with Gasteiger partial charge in [0.05, 0.1) is 19.7 Å². The minimum atomic E-state index is -1.07. The van der Waals surface area contributed by atoms with E-state index in [9.17, 15) is 9.59 Å². The number of rotatable bonds is 4. The van der Waals surface area contributed by atoms with Gasteiger partial charge in [-0.2, -0.15) is 0 Å². The molecule has 118 valence electrons. The summed E-state index contributed by atoms with van der Waals surface area (Å²) in [6.45, 7) is 3.37. The number of carbonyl (C=O) groups excluding carboxylic acids is 2. The van der Waals surface area contributed by atoms with Gasteiger partial charge in [-0.05, 0) is 17.7 Å². The van der Waals surface area contributed by atoms with E-state index in [2.05, 4.69) is 0 Å². The molecular formula is C15H16ClNO5. The van der Waals surface area contributed by atoms with Crippen molar-refractivity contribution < 1.29 is 23.9 Å². The highest BCUT2D eigenvalue weighted by atomic mass is 35.5. The number of benzene rings is 1. The molecule has 1 amide bonds. The molecular weight excluding hydrogens is 310 g/mol. The highest BCUT2D eigenvalue weighted by Crippen LogP contribution is 2.26. The number of ether oxygens (including phenoxy) is 2. The number of hydrogen-bond donors (Lipinski definition) is 0. The molecule has 1 aliphatic heterocycles. The van der Waals surface area contributed by atoms with E-state index < -0.39 is 17.7 Å². The second-order valence-corrected chi connectivity index (χ2v) is 5.52. The number of halogens is 1. The van der Waals surface area contributed by atoms with Gasteiger partial charge in [0.1, 0.15) is 0 Å². The van der Waals surface area contributed by atoms with E-state index in [0.29, 0.717) is 5.02 Å². The standard InChI is InChI=1S/C15H16ClNO5/c1-15(2)21-12(14(19)22-15)8-13(18)17(20-3)9-10-4-6-11(16)7-5-10/h4-8H,9H2,1-3H3. The number of hydrogen-bond acceptors (Lipinski definition) is 5. The Morgan fingerprint density at radius 2 is 1.95 bits per heavy atom. The van der Waals surface area contributed by atoms with Crippen LogP contribution in [0.2, 0.25) is 5.02 Å².